The smallest absolute Gasteiger partial charge is 0.348 e. The number of rotatable bonds is 8. The average molecular weight is 401 g/mol. The number of aliphatic hydroxyl groups is 1. The van der Waals surface area contributed by atoms with Gasteiger partial charge in [-0.2, -0.15) is 4.98 Å². The molecule has 28 heavy (non-hydrogen) atoms. The molecule has 3 rings (SSSR count). The van der Waals surface area contributed by atoms with Crippen molar-refractivity contribution in [3.63, 3.8) is 0 Å². The summed E-state index contributed by atoms with van der Waals surface area (Å²) in [5.74, 6) is -0.0748. The molecular formula is C20H23N3O4S. The number of thioether (sulfide) groups is 1. The Morgan fingerprint density at radius 3 is 2.68 bits per heavy atom. The number of nitrogens with zero attached hydrogens (tertiary/aromatic N) is 2. The maximum absolute atomic E-state index is 12.4. The zero-order valence-corrected chi connectivity index (χ0v) is 16.6. The number of carbonyl (C=O) groups is 2. The summed E-state index contributed by atoms with van der Waals surface area (Å²) in [4.78, 5) is 40.1. The molecule has 0 saturated heterocycles. The van der Waals surface area contributed by atoms with Crippen molar-refractivity contribution < 1.29 is 14.7 Å². The lowest BCUT2D eigenvalue weighted by Gasteiger charge is -2.13. The molecule has 1 aromatic heterocycles. The molecule has 0 unspecified atom stereocenters. The summed E-state index contributed by atoms with van der Waals surface area (Å²) < 4.78 is 1.65. The third-order valence-electron chi connectivity index (χ3n) is 4.66. The van der Waals surface area contributed by atoms with Crippen molar-refractivity contribution in [2.24, 2.45) is 0 Å². The van der Waals surface area contributed by atoms with Crippen LogP contribution in [0.15, 0.2) is 34.1 Å². The summed E-state index contributed by atoms with van der Waals surface area (Å²) in [5.41, 5.74) is 2.91. The molecule has 1 amide bonds. The van der Waals surface area contributed by atoms with Crippen LogP contribution in [0.4, 0.5) is 5.69 Å². The van der Waals surface area contributed by atoms with Gasteiger partial charge in [-0.15, -0.1) is 0 Å². The lowest BCUT2D eigenvalue weighted by atomic mass is 10.1. The summed E-state index contributed by atoms with van der Waals surface area (Å²) in [7, 11) is 0. The van der Waals surface area contributed by atoms with Gasteiger partial charge in [-0.25, -0.2) is 4.79 Å². The molecule has 148 valence electrons. The molecule has 1 aromatic carbocycles. The van der Waals surface area contributed by atoms with Crippen LogP contribution in [-0.2, 0) is 24.2 Å². The maximum Gasteiger partial charge on any atom is 0.348 e. The number of aliphatic hydroxyl groups excluding tert-OH is 1. The topological polar surface area (TPSA) is 101 Å². The quantitative estimate of drug-likeness (QED) is 0.399. The van der Waals surface area contributed by atoms with E-state index in [9.17, 15) is 14.4 Å². The number of carbonyl (C=O) groups excluding carboxylic acids is 2. The van der Waals surface area contributed by atoms with E-state index in [0.717, 1.165) is 30.5 Å². The van der Waals surface area contributed by atoms with E-state index >= 15 is 0 Å². The molecule has 0 saturated carbocycles. The molecule has 0 atom stereocenters. The molecular weight excluding hydrogens is 378 g/mol. The molecule has 0 fully saturated rings. The summed E-state index contributed by atoms with van der Waals surface area (Å²) >= 11 is 1.27. The second-order valence-electron chi connectivity index (χ2n) is 6.68. The molecule has 0 radical (unpaired) electrons. The number of hydrogen-bond acceptors (Lipinski definition) is 6. The first-order chi connectivity index (χ1) is 13.5. The highest BCUT2D eigenvalue weighted by atomic mass is 32.2. The Kier molecular flexibility index (Phi) is 6.64. The fourth-order valence-electron chi connectivity index (χ4n) is 3.28. The number of hydrogen-bond donors (Lipinski definition) is 2. The number of aromatic nitrogens is 2. The first-order valence-corrected chi connectivity index (χ1v) is 10.2. The van der Waals surface area contributed by atoms with Crippen LogP contribution < -0.4 is 11.0 Å². The van der Waals surface area contributed by atoms with Crippen LogP contribution in [0.25, 0.3) is 0 Å². The van der Waals surface area contributed by atoms with Gasteiger partial charge in [0, 0.05) is 35.7 Å². The largest absolute Gasteiger partial charge is 0.396 e. The minimum Gasteiger partial charge on any atom is -0.396 e. The zero-order chi connectivity index (χ0) is 20.1. The lowest BCUT2D eigenvalue weighted by molar-refractivity contribution is -0.113. The van der Waals surface area contributed by atoms with Crippen molar-refractivity contribution in [1.29, 1.82) is 0 Å². The Bertz CT molecular complexity index is 938. The van der Waals surface area contributed by atoms with Gasteiger partial charge in [-0.1, -0.05) is 11.8 Å². The van der Waals surface area contributed by atoms with E-state index < -0.39 is 0 Å². The predicted molar refractivity (Wildman–Crippen MR) is 108 cm³/mol. The minimum absolute atomic E-state index is 0.0258. The van der Waals surface area contributed by atoms with Crippen molar-refractivity contribution in [3.8, 4) is 0 Å². The van der Waals surface area contributed by atoms with Crippen LogP contribution in [0.3, 0.4) is 0 Å². The summed E-state index contributed by atoms with van der Waals surface area (Å²) in [6, 6.07) is 6.73. The van der Waals surface area contributed by atoms with Gasteiger partial charge in [0.25, 0.3) is 0 Å². The average Bonchev–Trinajstić information content (AvgIpc) is 3.16. The summed E-state index contributed by atoms with van der Waals surface area (Å²) in [6.07, 6.45) is 3.15. The third-order valence-corrected chi connectivity index (χ3v) is 5.67. The molecule has 1 heterocycles. The van der Waals surface area contributed by atoms with Crippen LogP contribution >= 0.6 is 11.8 Å². The molecule has 0 aliphatic heterocycles. The van der Waals surface area contributed by atoms with E-state index in [1.807, 2.05) is 0 Å². The molecule has 0 spiro atoms. The first-order valence-electron chi connectivity index (χ1n) is 9.26. The molecule has 0 bridgehead atoms. The van der Waals surface area contributed by atoms with E-state index in [1.165, 1.54) is 18.7 Å². The highest BCUT2D eigenvalue weighted by Crippen LogP contribution is 2.29. The van der Waals surface area contributed by atoms with Crippen LogP contribution in [-0.4, -0.2) is 38.7 Å². The number of nitrogens with one attached hydrogen (secondary N) is 1. The van der Waals surface area contributed by atoms with Crippen molar-refractivity contribution in [3.05, 3.63) is 51.6 Å². The Morgan fingerprint density at radius 2 is 2.00 bits per heavy atom. The number of amides is 1. The highest BCUT2D eigenvalue weighted by molar-refractivity contribution is 8.00. The Labute approximate surface area is 167 Å². The molecule has 2 aromatic rings. The monoisotopic (exact) mass is 401 g/mol. The number of benzene rings is 1. The molecule has 1 aliphatic carbocycles. The Morgan fingerprint density at radius 1 is 1.25 bits per heavy atom. The van der Waals surface area contributed by atoms with E-state index in [-0.39, 0.29) is 29.7 Å². The fraction of sp³-hybridized carbons (Fsp3) is 0.400. The molecule has 8 heteroatoms. The zero-order valence-electron chi connectivity index (χ0n) is 15.7. The van der Waals surface area contributed by atoms with Crippen molar-refractivity contribution in [2.75, 3.05) is 17.7 Å². The molecule has 7 nitrogen and oxygen atoms in total. The van der Waals surface area contributed by atoms with Crippen LogP contribution in [0, 0.1) is 0 Å². The predicted octanol–water partition coefficient (Wildman–Crippen LogP) is 2.05. The van der Waals surface area contributed by atoms with E-state index in [4.69, 9.17) is 5.11 Å². The van der Waals surface area contributed by atoms with Gasteiger partial charge in [-0.05, 0) is 56.9 Å². The van der Waals surface area contributed by atoms with E-state index in [1.54, 1.807) is 28.8 Å². The van der Waals surface area contributed by atoms with E-state index in [0.29, 0.717) is 29.2 Å². The van der Waals surface area contributed by atoms with Gasteiger partial charge in [0.15, 0.2) is 5.78 Å². The third kappa shape index (κ3) is 4.69. The van der Waals surface area contributed by atoms with Crippen LogP contribution in [0.2, 0.25) is 0 Å². The number of fused-ring (bicyclic) bond motifs is 1. The second kappa shape index (κ2) is 9.16. The Hall–Kier alpha value is -2.45. The van der Waals surface area contributed by atoms with Crippen molar-refractivity contribution in [2.45, 2.75) is 44.2 Å². The molecule has 1 aliphatic rings. The van der Waals surface area contributed by atoms with Crippen molar-refractivity contribution >= 4 is 29.1 Å². The first kappa shape index (κ1) is 20.3. The fourth-order valence-corrected chi connectivity index (χ4v) is 4.16. The second-order valence-corrected chi connectivity index (χ2v) is 7.64. The van der Waals surface area contributed by atoms with Gasteiger partial charge in [0.1, 0.15) is 5.03 Å². The number of anilines is 1. The van der Waals surface area contributed by atoms with Gasteiger partial charge in [0.2, 0.25) is 5.91 Å². The summed E-state index contributed by atoms with van der Waals surface area (Å²) in [6.45, 7) is 1.99. The van der Waals surface area contributed by atoms with Gasteiger partial charge in [-0.3, -0.25) is 14.2 Å². The van der Waals surface area contributed by atoms with Gasteiger partial charge < -0.3 is 10.4 Å². The minimum atomic E-state index is -0.322. The molecule has 2 N–H and O–H groups in total. The maximum atomic E-state index is 12.4. The van der Waals surface area contributed by atoms with E-state index in [2.05, 4.69) is 10.3 Å². The number of Topliss-reactive ketones (excluding diaryl/α,β-unsaturated/α-hetero) is 1. The van der Waals surface area contributed by atoms with Crippen LogP contribution in [0.1, 0.15) is 41.4 Å². The van der Waals surface area contributed by atoms with Crippen molar-refractivity contribution in [1.82, 2.24) is 9.55 Å². The van der Waals surface area contributed by atoms with Crippen LogP contribution in [0.5, 0.6) is 0 Å². The summed E-state index contributed by atoms with van der Waals surface area (Å²) in [5, 5.41) is 12.4. The lowest BCUT2D eigenvalue weighted by Crippen LogP contribution is -2.28. The van der Waals surface area contributed by atoms with Gasteiger partial charge in [0.05, 0.1) is 5.75 Å². The Balaban J connectivity index is 1.66. The SMILES string of the molecule is CC(=O)c1ccc(NC(=O)CSc2nc(=O)n(CCCO)c3c2CCC3)cc1. The number of ketones is 1. The standard InChI is InChI=1S/C20H23N3O4S/c1-13(25)14-6-8-15(9-7-14)21-18(26)12-28-19-16-4-2-5-17(16)23(10-3-11-24)20(27)22-19/h6-9,24H,2-5,10-12H2,1H3,(H,21,26). The normalized spacial score (nSPS) is 12.6. The van der Waals surface area contributed by atoms with Gasteiger partial charge >= 0.3 is 5.69 Å². The highest BCUT2D eigenvalue weighted by Gasteiger charge is 2.22.